The third-order valence-electron chi connectivity index (χ3n) is 0.201. The fourth-order valence-electron chi connectivity index (χ4n) is 0. The van der Waals surface area contributed by atoms with E-state index in [1.165, 1.54) is 0 Å². The van der Waals surface area contributed by atoms with Gasteiger partial charge in [-0.2, -0.15) is 0 Å². The first kappa shape index (κ1) is 9.26. The fraction of sp³-hybridized carbons (Fsp3) is 0. The molecule has 30 valence electrons. The Morgan fingerprint density at radius 2 is 2.00 bits per heavy atom. The molecule has 0 aromatic rings. The minimum atomic E-state index is -0.481. The molecular formula is C3H6LiNO. The van der Waals surface area contributed by atoms with E-state index in [4.69, 9.17) is 0 Å². The molecule has 0 aromatic heterocycles. The number of carbonyl (C=O) groups excluding carboxylic acids is 1. The Balaban J connectivity index is 0. The van der Waals surface area contributed by atoms with Gasteiger partial charge in [-0.1, -0.05) is 6.58 Å². The van der Waals surface area contributed by atoms with Gasteiger partial charge in [-0.05, 0) is 6.08 Å². The third kappa shape index (κ3) is 9.19. The number of nitrogens with two attached hydrogens (primary N) is 1. The quantitative estimate of drug-likeness (QED) is 0.318. The van der Waals surface area contributed by atoms with Gasteiger partial charge in [0.05, 0.1) is 0 Å². The van der Waals surface area contributed by atoms with Gasteiger partial charge >= 0.3 is 18.9 Å². The molecule has 0 aliphatic carbocycles. The molecule has 0 rings (SSSR count). The minimum absolute atomic E-state index is 0. The Hall–Kier alpha value is -0.193. The number of primary amides is 1. The second-order valence-electron chi connectivity index (χ2n) is 0.606. The van der Waals surface area contributed by atoms with Crippen LogP contribution < -0.4 is 5.73 Å². The van der Waals surface area contributed by atoms with E-state index in [0.717, 1.165) is 6.08 Å². The van der Waals surface area contributed by atoms with E-state index < -0.39 is 5.91 Å². The van der Waals surface area contributed by atoms with Gasteiger partial charge in [-0.3, -0.25) is 4.79 Å². The van der Waals surface area contributed by atoms with Crippen molar-refractivity contribution in [1.82, 2.24) is 0 Å². The van der Waals surface area contributed by atoms with Gasteiger partial charge in [0.1, 0.15) is 0 Å². The molecule has 0 aliphatic rings. The van der Waals surface area contributed by atoms with Crippen LogP contribution in [0.3, 0.4) is 0 Å². The topological polar surface area (TPSA) is 43.1 Å². The number of amides is 1. The molecule has 0 unspecified atom stereocenters. The van der Waals surface area contributed by atoms with Crippen LogP contribution in [0.15, 0.2) is 12.7 Å². The van der Waals surface area contributed by atoms with E-state index in [1.54, 1.807) is 0 Å². The maximum atomic E-state index is 9.47. The van der Waals surface area contributed by atoms with Gasteiger partial charge < -0.3 is 5.73 Å². The van der Waals surface area contributed by atoms with Crippen molar-refractivity contribution in [3.63, 3.8) is 0 Å². The summed E-state index contributed by atoms with van der Waals surface area (Å²) in [4.78, 5) is 9.47. The zero-order valence-electron chi connectivity index (χ0n) is 2.77. The van der Waals surface area contributed by atoms with Gasteiger partial charge in [0.25, 0.3) is 0 Å². The first-order valence-electron chi connectivity index (χ1n) is 1.19. The number of carbonyl (C=O) groups is 1. The van der Waals surface area contributed by atoms with Gasteiger partial charge in [0.2, 0.25) is 5.91 Å². The zero-order chi connectivity index (χ0) is 4.28. The molecule has 0 radical (unpaired) electrons. The number of hydrogen-bond donors (Lipinski definition) is 1. The van der Waals surface area contributed by atoms with Crippen LogP contribution in [0, 0.1) is 0 Å². The third-order valence-corrected chi connectivity index (χ3v) is 0.201. The van der Waals surface area contributed by atoms with Crippen molar-refractivity contribution in [1.29, 1.82) is 0 Å². The van der Waals surface area contributed by atoms with Crippen LogP contribution in [0.2, 0.25) is 0 Å². The average Bonchev–Trinajstić information content (AvgIpc) is 1.38. The van der Waals surface area contributed by atoms with Crippen molar-refractivity contribution >= 4 is 24.8 Å². The monoisotopic (exact) mass is 79.1 g/mol. The fourth-order valence-corrected chi connectivity index (χ4v) is 0. The Kier molecular flexibility index (Phi) is 7.42. The Morgan fingerprint density at radius 3 is 2.00 bits per heavy atom. The van der Waals surface area contributed by atoms with Crippen LogP contribution in [-0.4, -0.2) is 24.8 Å². The maximum absolute atomic E-state index is 9.47. The Bertz CT molecular complexity index is 61.8. The molecule has 0 aromatic carbocycles. The van der Waals surface area contributed by atoms with E-state index in [1.807, 2.05) is 0 Å². The molecule has 2 nitrogen and oxygen atoms in total. The standard InChI is InChI=1S/C3H5NO.Li.H/c1-2-3(4)5;;/h2H,1H2,(H2,4,5);;. The van der Waals surface area contributed by atoms with Crippen LogP contribution in [0.4, 0.5) is 0 Å². The zero-order valence-corrected chi connectivity index (χ0v) is 2.77. The van der Waals surface area contributed by atoms with Crippen molar-refractivity contribution in [2.75, 3.05) is 0 Å². The van der Waals surface area contributed by atoms with Crippen molar-refractivity contribution in [3.8, 4) is 0 Å². The average molecular weight is 79.0 g/mol. The second kappa shape index (κ2) is 4.81. The van der Waals surface area contributed by atoms with Gasteiger partial charge in [0, 0.05) is 0 Å². The summed E-state index contributed by atoms with van der Waals surface area (Å²) in [6.07, 6.45) is 1.06. The summed E-state index contributed by atoms with van der Waals surface area (Å²) in [5.74, 6) is -0.481. The summed E-state index contributed by atoms with van der Waals surface area (Å²) in [7, 11) is 0. The molecule has 0 heterocycles. The van der Waals surface area contributed by atoms with E-state index in [-0.39, 0.29) is 18.9 Å². The molecule has 0 saturated carbocycles. The summed E-state index contributed by atoms with van der Waals surface area (Å²) in [5, 5.41) is 0. The molecule has 0 fully saturated rings. The first-order chi connectivity index (χ1) is 2.27. The first-order valence-corrected chi connectivity index (χ1v) is 1.19. The molecule has 0 atom stereocenters. The summed E-state index contributed by atoms with van der Waals surface area (Å²) in [6, 6.07) is 0. The molecular weight excluding hydrogens is 73.0 g/mol. The summed E-state index contributed by atoms with van der Waals surface area (Å²) in [5.41, 5.74) is 4.53. The predicted octanol–water partition coefficient (Wildman–Crippen LogP) is -0.991. The van der Waals surface area contributed by atoms with E-state index in [9.17, 15) is 4.79 Å². The molecule has 3 heteroatoms. The molecule has 0 saturated heterocycles. The van der Waals surface area contributed by atoms with Crippen molar-refractivity contribution in [3.05, 3.63) is 12.7 Å². The predicted molar refractivity (Wildman–Crippen MR) is 26.5 cm³/mol. The van der Waals surface area contributed by atoms with Crippen molar-refractivity contribution < 1.29 is 4.79 Å². The molecule has 1 amide bonds. The molecule has 2 N–H and O–H groups in total. The van der Waals surface area contributed by atoms with Gasteiger partial charge in [-0.15, -0.1) is 0 Å². The summed E-state index contributed by atoms with van der Waals surface area (Å²) < 4.78 is 0. The normalized spacial score (nSPS) is 5.33. The molecule has 6 heavy (non-hydrogen) atoms. The summed E-state index contributed by atoms with van der Waals surface area (Å²) >= 11 is 0. The van der Waals surface area contributed by atoms with E-state index in [2.05, 4.69) is 12.3 Å². The number of hydrogen-bond acceptors (Lipinski definition) is 1. The van der Waals surface area contributed by atoms with Crippen molar-refractivity contribution in [2.45, 2.75) is 0 Å². The van der Waals surface area contributed by atoms with Crippen LogP contribution in [0.25, 0.3) is 0 Å². The Morgan fingerprint density at radius 1 is 1.83 bits per heavy atom. The van der Waals surface area contributed by atoms with Crippen molar-refractivity contribution in [2.24, 2.45) is 5.73 Å². The molecule has 0 aliphatic heterocycles. The van der Waals surface area contributed by atoms with Gasteiger partial charge in [0.15, 0.2) is 0 Å². The van der Waals surface area contributed by atoms with E-state index in [0.29, 0.717) is 0 Å². The van der Waals surface area contributed by atoms with Crippen LogP contribution in [0.1, 0.15) is 0 Å². The number of rotatable bonds is 1. The summed E-state index contributed by atoms with van der Waals surface area (Å²) in [6.45, 7) is 3.09. The van der Waals surface area contributed by atoms with Crippen LogP contribution in [0.5, 0.6) is 0 Å². The second-order valence-corrected chi connectivity index (χ2v) is 0.606. The SMILES string of the molecule is C=CC(N)=O.[LiH]. The molecule has 0 spiro atoms. The Labute approximate surface area is 48.6 Å². The van der Waals surface area contributed by atoms with E-state index >= 15 is 0 Å². The van der Waals surface area contributed by atoms with Crippen LogP contribution in [-0.2, 0) is 4.79 Å². The van der Waals surface area contributed by atoms with Gasteiger partial charge in [-0.25, -0.2) is 0 Å². The molecule has 0 bridgehead atoms. The van der Waals surface area contributed by atoms with Crippen LogP contribution >= 0.6 is 0 Å².